The van der Waals surface area contributed by atoms with E-state index in [4.69, 9.17) is 16.9 Å². The monoisotopic (exact) mass is 220 g/mol. The summed E-state index contributed by atoms with van der Waals surface area (Å²) >= 11 is 5.69. The molecule has 0 N–H and O–H groups in total. The Morgan fingerprint density at radius 3 is 2.60 bits per heavy atom. The zero-order valence-corrected chi connectivity index (χ0v) is 8.90. The number of nitriles is 1. The van der Waals surface area contributed by atoms with Gasteiger partial charge in [0.25, 0.3) is 0 Å². The molecule has 0 aliphatic rings. The second-order valence-electron chi connectivity index (χ2n) is 2.89. The molecule has 0 aromatic heterocycles. The summed E-state index contributed by atoms with van der Waals surface area (Å²) in [6.45, 7) is 0. The summed E-state index contributed by atoms with van der Waals surface area (Å²) in [4.78, 5) is 15.4. The quantitative estimate of drug-likeness (QED) is 0.580. The van der Waals surface area contributed by atoms with E-state index in [1.165, 1.54) is 13.3 Å². The van der Waals surface area contributed by atoms with Crippen LogP contribution in [0.5, 0.6) is 0 Å². The van der Waals surface area contributed by atoms with Gasteiger partial charge in [0.05, 0.1) is 6.07 Å². The van der Waals surface area contributed by atoms with Crippen LogP contribution in [0.4, 0.5) is 0 Å². The molecule has 0 saturated carbocycles. The van der Waals surface area contributed by atoms with Crippen molar-refractivity contribution in [1.82, 2.24) is 0 Å². The molecule has 0 amide bonds. The van der Waals surface area contributed by atoms with Gasteiger partial charge in [-0.15, -0.1) is 0 Å². The molecule has 0 aliphatic carbocycles. The zero-order valence-electron chi connectivity index (χ0n) is 8.14. The summed E-state index contributed by atoms with van der Waals surface area (Å²) in [6, 6.07) is 8.31. The molecule has 1 aromatic rings. The topological polar surface area (TPSA) is 53.2 Å². The second-order valence-corrected chi connectivity index (χ2v) is 3.32. The van der Waals surface area contributed by atoms with Crippen LogP contribution in [0, 0.1) is 17.2 Å². The third-order valence-electron chi connectivity index (χ3n) is 1.85. The Morgan fingerprint density at radius 1 is 1.53 bits per heavy atom. The van der Waals surface area contributed by atoms with E-state index in [0.717, 1.165) is 0 Å². The van der Waals surface area contributed by atoms with E-state index in [1.807, 2.05) is 6.07 Å². The minimum atomic E-state index is -0.823. The minimum absolute atomic E-state index is 0.264. The molecule has 0 spiro atoms. The van der Waals surface area contributed by atoms with Gasteiger partial charge in [0.2, 0.25) is 0 Å². The smallest absolute Gasteiger partial charge is 0.185 e. The molecule has 1 aromatic carbocycles. The molecule has 0 saturated heterocycles. The molecule has 0 radical (unpaired) electrons. The van der Waals surface area contributed by atoms with Crippen LogP contribution in [0.15, 0.2) is 29.3 Å². The predicted molar refractivity (Wildman–Crippen MR) is 59.3 cm³/mol. The Morgan fingerprint density at radius 2 is 2.13 bits per heavy atom. The molecule has 0 heterocycles. The Hall–Kier alpha value is -1.66. The van der Waals surface area contributed by atoms with E-state index in [2.05, 4.69) is 4.99 Å². The van der Waals surface area contributed by atoms with Crippen LogP contribution in [0.1, 0.15) is 10.4 Å². The van der Waals surface area contributed by atoms with E-state index in [1.54, 1.807) is 24.3 Å². The van der Waals surface area contributed by atoms with Crippen molar-refractivity contribution in [3.05, 3.63) is 34.9 Å². The largest absolute Gasteiger partial charge is 0.299 e. The molecule has 1 unspecified atom stereocenters. The highest BCUT2D eigenvalue weighted by Gasteiger charge is 2.16. The Kier molecular flexibility index (Phi) is 4.02. The maximum absolute atomic E-state index is 11.7. The van der Waals surface area contributed by atoms with Crippen LogP contribution in [0.2, 0.25) is 5.02 Å². The van der Waals surface area contributed by atoms with Crippen molar-refractivity contribution in [2.45, 2.75) is 0 Å². The first kappa shape index (κ1) is 11.4. The molecule has 1 rings (SSSR count). The SMILES string of the molecule is CN=CC(C#N)C(=O)c1ccc(Cl)cc1. The second kappa shape index (κ2) is 5.28. The summed E-state index contributed by atoms with van der Waals surface area (Å²) in [7, 11) is 1.53. The standard InChI is InChI=1S/C11H9ClN2O/c1-14-7-9(6-13)11(15)8-2-4-10(12)5-3-8/h2-5,7,9H,1H3. The lowest BCUT2D eigenvalue weighted by Gasteiger charge is -2.02. The highest BCUT2D eigenvalue weighted by atomic mass is 35.5. The lowest BCUT2D eigenvalue weighted by atomic mass is 10.0. The number of benzene rings is 1. The highest BCUT2D eigenvalue weighted by molar-refractivity contribution is 6.30. The number of hydrogen-bond donors (Lipinski definition) is 0. The Balaban J connectivity index is 2.94. The fraction of sp³-hybridized carbons (Fsp3) is 0.182. The van der Waals surface area contributed by atoms with Crippen molar-refractivity contribution in [1.29, 1.82) is 5.26 Å². The summed E-state index contributed by atoms with van der Waals surface area (Å²) in [5.74, 6) is -1.09. The number of hydrogen-bond acceptors (Lipinski definition) is 3. The van der Waals surface area contributed by atoms with Crippen LogP contribution < -0.4 is 0 Å². The molecular weight excluding hydrogens is 212 g/mol. The van der Waals surface area contributed by atoms with Crippen molar-refractivity contribution in [2.24, 2.45) is 10.9 Å². The van der Waals surface area contributed by atoms with Gasteiger partial charge in [-0.3, -0.25) is 9.79 Å². The fourth-order valence-electron chi connectivity index (χ4n) is 1.10. The number of halogens is 1. The summed E-state index contributed by atoms with van der Waals surface area (Å²) in [5, 5.41) is 9.31. The molecule has 3 nitrogen and oxygen atoms in total. The van der Waals surface area contributed by atoms with Crippen molar-refractivity contribution in [3.8, 4) is 6.07 Å². The summed E-state index contributed by atoms with van der Waals surface area (Å²) < 4.78 is 0. The molecule has 76 valence electrons. The minimum Gasteiger partial charge on any atom is -0.299 e. The van der Waals surface area contributed by atoms with Crippen molar-refractivity contribution in [3.63, 3.8) is 0 Å². The van der Waals surface area contributed by atoms with Gasteiger partial charge in [-0.2, -0.15) is 5.26 Å². The van der Waals surface area contributed by atoms with Gasteiger partial charge in [0.1, 0.15) is 5.92 Å². The molecule has 0 aliphatic heterocycles. The van der Waals surface area contributed by atoms with E-state index in [9.17, 15) is 4.79 Å². The van der Waals surface area contributed by atoms with Crippen molar-refractivity contribution >= 4 is 23.6 Å². The molecule has 1 atom stereocenters. The number of carbonyl (C=O) groups is 1. The number of ketones is 1. The average molecular weight is 221 g/mol. The maximum atomic E-state index is 11.7. The van der Waals surface area contributed by atoms with Gasteiger partial charge >= 0.3 is 0 Å². The Bertz CT molecular complexity index is 417. The maximum Gasteiger partial charge on any atom is 0.185 e. The lowest BCUT2D eigenvalue weighted by Crippen LogP contribution is -2.14. The van der Waals surface area contributed by atoms with Gasteiger partial charge in [-0.1, -0.05) is 11.6 Å². The van der Waals surface area contributed by atoms with Crippen molar-refractivity contribution in [2.75, 3.05) is 7.05 Å². The van der Waals surface area contributed by atoms with Gasteiger partial charge in [-0.05, 0) is 24.3 Å². The first-order valence-corrected chi connectivity index (χ1v) is 4.68. The third-order valence-corrected chi connectivity index (χ3v) is 2.10. The first-order chi connectivity index (χ1) is 7.19. The number of nitrogens with zero attached hydrogens (tertiary/aromatic N) is 2. The Labute approximate surface area is 93.0 Å². The summed E-state index contributed by atoms with van der Waals surface area (Å²) in [5.41, 5.74) is 0.464. The van der Waals surface area contributed by atoms with E-state index >= 15 is 0 Å². The van der Waals surface area contributed by atoms with Gasteiger partial charge in [0.15, 0.2) is 5.78 Å². The van der Waals surface area contributed by atoms with E-state index in [-0.39, 0.29) is 5.78 Å². The van der Waals surface area contributed by atoms with Gasteiger partial charge < -0.3 is 0 Å². The van der Waals surface area contributed by atoms with Crippen LogP contribution >= 0.6 is 11.6 Å². The number of aliphatic imine (C=N–C) groups is 1. The zero-order chi connectivity index (χ0) is 11.3. The van der Waals surface area contributed by atoms with Crippen LogP contribution in [0.25, 0.3) is 0 Å². The lowest BCUT2D eigenvalue weighted by molar-refractivity contribution is 0.0976. The normalized spacial score (nSPS) is 12.3. The molecular formula is C11H9ClN2O. The first-order valence-electron chi connectivity index (χ1n) is 4.30. The van der Waals surface area contributed by atoms with Crippen molar-refractivity contribution < 1.29 is 4.79 Å². The number of rotatable bonds is 3. The fourth-order valence-corrected chi connectivity index (χ4v) is 1.23. The van der Waals surface area contributed by atoms with Crippen LogP contribution in [-0.2, 0) is 0 Å². The van der Waals surface area contributed by atoms with Crippen LogP contribution in [-0.4, -0.2) is 19.0 Å². The molecule has 0 bridgehead atoms. The predicted octanol–water partition coefficient (Wildman–Crippen LogP) is 2.36. The summed E-state index contributed by atoms with van der Waals surface area (Å²) in [6.07, 6.45) is 1.33. The van der Waals surface area contributed by atoms with E-state index < -0.39 is 5.92 Å². The third kappa shape index (κ3) is 2.90. The number of carbonyl (C=O) groups excluding carboxylic acids is 1. The highest BCUT2D eigenvalue weighted by Crippen LogP contribution is 2.12. The van der Waals surface area contributed by atoms with Gasteiger partial charge in [-0.25, -0.2) is 0 Å². The molecule has 0 fully saturated rings. The molecule has 4 heteroatoms. The van der Waals surface area contributed by atoms with Crippen LogP contribution in [0.3, 0.4) is 0 Å². The number of Topliss-reactive ketones (excluding diaryl/α,β-unsaturated/α-hetero) is 1. The van der Waals surface area contributed by atoms with E-state index in [0.29, 0.717) is 10.6 Å². The van der Waals surface area contributed by atoms with Gasteiger partial charge in [0, 0.05) is 23.8 Å². The average Bonchev–Trinajstić information content (AvgIpc) is 2.26. The molecule has 15 heavy (non-hydrogen) atoms.